The number of hydrogen-bond acceptors (Lipinski definition) is 3. The minimum atomic E-state index is -0.0345. The van der Waals surface area contributed by atoms with Crippen LogP contribution in [0, 0.1) is 5.92 Å². The van der Waals surface area contributed by atoms with E-state index in [2.05, 4.69) is 195 Å². The molecule has 0 saturated heterocycles. The van der Waals surface area contributed by atoms with Crippen LogP contribution in [0.2, 0.25) is 0 Å². The third-order valence-corrected chi connectivity index (χ3v) is 12.7. The summed E-state index contributed by atoms with van der Waals surface area (Å²) < 4.78 is 13.2. The lowest BCUT2D eigenvalue weighted by molar-refractivity contribution is 0.392. The van der Waals surface area contributed by atoms with Crippen LogP contribution in [0.5, 0.6) is 0 Å². The fourth-order valence-electron chi connectivity index (χ4n) is 9.99. The van der Waals surface area contributed by atoms with Crippen molar-refractivity contribution >= 4 is 76.8 Å². The van der Waals surface area contributed by atoms with E-state index < -0.39 is 0 Å². The molecule has 8 aromatic carbocycles. The molecule has 0 bridgehead atoms. The lowest BCUT2D eigenvalue weighted by atomic mass is 9.74. The molecule has 266 valence electrons. The molecule has 2 aliphatic rings. The molecule has 0 amide bonds. The average Bonchev–Trinajstić information content (AvgIpc) is 3.88. The summed E-state index contributed by atoms with van der Waals surface area (Å²) in [7, 11) is 0. The summed E-state index contributed by atoms with van der Waals surface area (Å²) in [6.07, 6.45) is 7.33. The fraction of sp³-hybridized carbons (Fsp3) is 0.0943. The van der Waals surface area contributed by atoms with Gasteiger partial charge in [0.2, 0.25) is 0 Å². The van der Waals surface area contributed by atoms with Gasteiger partial charge in [-0.15, -0.1) is 0 Å². The Morgan fingerprint density at radius 2 is 1.29 bits per heavy atom. The molecule has 2 atom stereocenters. The van der Waals surface area contributed by atoms with Crippen LogP contribution in [-0.2, 0) is 5.41 Å². The highest BCUT2D eigenvalue weighted by Gasteiger charge is 2.45. The first-order valence-corrected chi connectivity index (χ1v) is 19.6. The van der Waals surface area contributed by atoms with Crippen molar-refractivity contribution in [2.24, 2.45) is 5.92 Å². The van der Waals surface area contributed by atoms with Crippen molar-refractivity contribution in [1.82, 2.24) is 0 Å². The maximum absolute atomic E-state index is 6.78. The maximum Gasteiger partial charge on any atom is 0.143 e. The average molecular weight is 720 g/mol. The van der Waals surface area contributed by atoms with Crippen LogP contribution < -0.4 is 4.90 Å². The molecule has 3 nitrogen and oxygen atoms in total. The first kappa shape index (κ1) is 31.5. The van der Waals surface area contributed by atoms with Crippen LogP contribution in [0.25, 0.3) is 76.5 Å². The number of rotatable bonds is 4. The largest absolute Gasteiger partial charge is 0.456 e. The summed E-state index contributed by atoms with van der Waals surface area (Å²) in [5.74, 6) is 0.620. The standard InChI is InChI=1S/C53H37NO2/c1-53(2)44-18-9-7-17-39(44)40-26-24-36(31-45(40)53)54(47-20-11-21-49-51(47)41-25-22-32-12-5-6-16-38(32)52(41)56-49)46-19-10-8-15-37(46)35-23-27-48-42(29-35)43-28-33-13-3-4-14-34(33)30-50(43)55-48/h3-31,40,45H,1-2H3. The minimum absolute atomic E-state index is 0.0345. The van der Waals surface area contributed by atoms with Crippen molar-refractivity contribution in [2.45, 2.75) is 25.2 Å². The second-order valence-corrected chi connectivity index (χ2v) is 16.1. The zero-order valence-electron chi connectivity index (χ0n) is 31.2. The van der Waals surface area contributed by atoms with Crippen LogP contribution in [0.1, 0.15) is 30.9 Å². The SMILES string of the molecule is CC1(C)c2ccccc2C2C=CC(N(c3ccccc3-c3ccc4oc5cc6ccccc6cc5c4c3)c3cccc4oc5c6ccccc6ccc5c34)=CC21. The van der Waals surface area contributed by atoms with Gasteiger partial charge in [-0.25, -0.2) is 0 Å². The zero-order valence-corrected chi connectivity index (χ0v) is 31.2. The molecule has 2 aromatic heterocycles. The van der Waals surface area contributed by atoms with Gasteiger partial charge in [-0.1, -0.05) is 135 Å². The van der Waals surface area contributed by atoms with Gasteiger partial charge in [0.05, 0.1) is 16.8 Å². The summed E-state index contributed by atoms with van der Waals surface area (Å²) in [5, 5.41) is 9.15. The van der Waals surface area contributed by atoms with Crippen LogP contribution in [0.3, 0.4) is 0 Å². The van der Waals surface area contributed by atoms with Gasteiger partial charge in [-0.05, 0) is 98.8 Å². The Labute approximate surface area is 324 Å². The van der Waals surface area contributed by atoms with E-state index in [1.165, 1.54) is 27.3 Å². The number of anilines is 2. The number of allylic oxidation sites excluding steroid dienone is 3. The van der Waals surface area contributed by atoms with Crippen molar-refractivity contribution < 1.29 is 8.83 Å². The highest BCUT2D eigenvalue weighted by atomic mass is 16.3. The molecule has 2 unspecified atom stereocenters. The molecule has 3 heteroatoms. The molecule has 0 fully saturated rings. The first-order valence-electron chi connectivity index (χ1n) is 19.6. The quantitative estimate of drug-likeness (QED) is 0.181. The van der Waals surface area contributed by atoms with E-state index >= 15 is 0 Å². The number of benzene rings is 8. The maximum atomic E-state index is 6.78. The lowest BCUT2D eigenvalue weighted by Gasteiger charge is -2.35. The van der Waals surface area contributed by atoms with E-state index in [9.17, 15) is 0 Å². The van der Waals surface area contributed by atoms with Crippen molar-refractivity contribution in [3.8, 4) is 11.1 Å². The third kappa shape index (κ3) is 4.46. The summed E-state index contributed by atoms with van der Waals surface area (Å²) in [4.78, 5) is 2.48. The predicted octanol–water partition coefficient (Wildman–Crippen LogP) is 14.7. The van der Waals surface area contributed by atoms with Gasteiger partial charge in [0.1, 0.15) is 22.3 Å². The molecular formula is C53H37NO2. The Kier molecular flexibility index (Phi) is 6.52. The summed E-state index contributed by atoms with van der Waals surface area (Å²) in [6.45, 7) is 4.82. The van der Waals surface area contributed by atoms with E-state index in [1.807, 2.05) is 0 Å². The molecule has 0 spiro atoms. The van der Waals surface area contributed by atoms with E-state index in [1.54, 1.807) is 0 Å². The molecule has 2 aliphatic carbocycles. The van der Waals surface area contributed by atoms with Gasteiger partial charge in [0.25, 0.3) is 0 Å². The Morgan fingerprint density at radius 3 is 2.20 bits per heavy atom. The van der Waals surface area contributed by atoms with Crippen LogP contribution in [0.4, 0.5) is 11.4 Å². The van der Waals surface area contributed by atoms with Crippen molar-refractivity contribution in [2.75, 3.05) is 4.90 Å². The number of para-hydroxylation sites is 1. The summed E-state index contributed by atoms with van der Waals surface area (Å²) in [5.41, 5.74) is 12.1. The second-order valence-electron chi connectivity index (χ2n) is 16.1. The summed E-state index contributed by atoms with van der Waals surface area (Å²) >= 11 is 0. The normalized spacial score (nSPS) is 17.3. The number of hydrogen-bond donors (Lipinski definition) is 0. The molecule has 0 N–H and O–H groups in total. The monoisotopic (exact) mass is 719 g/mol. The Morgan fingerprint density at radius 1 is 0.536 bits per heavy atom. The smallest absolute Gasteiger partial charge is 0.143 e. The van der Waals surface area contributed by atoms with Crippen LogP contribution in [-0.4, -0.2) is 0 Å². The highest BCUT2D eigenvalue weighted by molar-refractivity contribution is 6.19. The van der Waals surface area contributed by atoms with Gasteiger partial charge in [0.15, 0.2) is 0 Å². The Hall–Kier alpha value is -6.84. The zero-order chi connectivity index (χ0) is 37.1. The fourth-order valence-corrected chi connectivity index (χ4v) is 9.99. The van der Waals surface area contributed by atoms with E-state index in [0.29, 0.717) is 11.8 Å². The van der Waals surface area contributed by atoms with Gasteiger partial charge in [-0.3, -0.25) is 0 Å². The number of nitrogens with zero attached hydrogens (tertiary/aromatic N) is 1. The first-order chi connectivity index (χ1) is 27.5. The van der Waals surface area contributed by atoms with Gasteiger partial charge in [0, 0.05) is 38.7 Å². The molecule has 0 aliphatic heterocycles. The minimum Gasteiger partial charge on any atom is -0.456 e. The Bertz CT molecular complexity index is 3320. The van der Waals surface area contributed by atoms with Crippen molar-refractivity contribution in [3.05, 3.63) is 193 Å². The predicted molar refractivity (Wildman–Crippen MR) is 233 cm³/mol. The van der Waals surface area contributed by atoms with E-state index in [-0.39, 0.29) is 5.41 Å². The molecule has 12 rings (SSSR count). The molecular weight excluding hydrogens is 683 g/mol. The number of fused-ring (bicyclic) bond motifs is 12. The molecule has 56 heavy (non-hydrogen) atoms. The van der Waals surface area contributed by atoms with Crippen molar-refractivity contribution in [1.29, 1.82) is 0 Å². The Balaban J connectivity index is 1.10. The van der Waals surface area contributed by atoms with Gasteiger partial charge >= 0.3 is 0 Å². The van der Waals surface area contributed by atoms with E-state index in [0.717, 1.165) is 77.5 Å². The molecule has 10 aromatic rings. The second kappa shape index (κ2) is 11.6. The van der Waals surface area contributed by atoms with Crippen LogP contribution >= 0.6 is 0 Å². The molecule has 0 saturated carbocycles. The topological polar surface area (TPSA) is 29.5 Å². The van der Waals surface area contributed by atoms with E-state index in [4.69, 9.17) is 8.83 Å². The van der Waals surface area contributed by atoms with Crippen molar-refractivity contribution in [3.63, 3.8) is 0 Å². The van der Waals surface area contributed by atoms with Gasteiger partial charge < -0.3 is 13.7 Å². The summed E-state index contributed by atoms with van der Waals surface area (Å²) in [6, 6.07) is 56.9. The molecule has 0 radical (unpaired) electrons. The van der Waals surface area contributed by atoms with Gasteiger partial charge in [-0.2, -0.15) is 0 Å². The van der Waals surface area contributed by atoms with Crippen LogP contribution in [0.15, 0.2) is 190 Å². The highest BCUT2D eigenvalue weighted by Crippen LogP contribution is 2.55. The third-order valence-electron chi connectivity index (χ3n) is 12.7. The number of furan rings is 2. The molecule has 2 heterocycles. The lowest BCUT2D eigenvalue weighted by Crippen LogP contribution is -2.28.